The molecule has 0 spiro atoms. The molecule has 0 saturated heterocycles. The predicted molar refractivity (Wildman–Crippen MR) is 134 cm³/mol. The number of rotatable bonds is 9. The number of ether oxygens (including phenoxy) is 1. The average Bonchev–Trinajstić information content (AvgIpc) is 2.81. The number of esters is 1. The summed E-state index contributed by atoms with van der Waals surface area (Å²) in [6.07, 6.45) is 2.08. The Bertz CT molecular complexity index is 1140. The lowest BCUT2D eigenvalue weighted by molar-refractivity contribution is -0.158. The van der Waals surface area contributed by atoms with E-state index < -0.39 is 17.6 Å². The summed E-state index contributed by atoms with van der Waals surface area (Å²) in [5, 5.41) is 2.82. The number of nitrogens with one attached hydrogen (secondary N) is 1. The van der Waals surface area contributed by atoms with Crippen LogP contribution in [0, 0.1) is 0 Å². The van der Waals surface area contributed by atoms with Crippen molar-refractivity contribution in [3.8, 4) is 0 Å². The molecule has 0 fully saturated rings. The highest BCUT2D eigenvalue weighted by Gasteiger charge is 2.29. The highest BCUT2D eigenvalue weighted by molar-refractivity contribution is 6.26. The van der Waals surface area contributed by atoms with Crippen LogP contribution in [-0.4, -0.2) is 35.1 Å². The van der Waals surface area contributed by atoms with Gasteiger partial charge in [-0.25, -0.2) is 4.79 Å². The van der Waals surface area contributed by atoms with E-state index in [1.807, 2.05) is 30.3 Å². The molecule has 0 radical (unpaired) electrons. The number of ketones is 2. The first kappa shape index (κ1) is 26.1. The second-order valence-electron chi connectivity index (χ2n) is 9.86. The van der Waals surface area contributed by atoms with Crippen LogP contribution in [0.2, 0.25) is 0 Å². The lowest BCUT2D eigenvalue weighted by Crippen LogP contribution is -2.45. The van der Waals surface area contributed by atoms with E-state index in [2.05, 4.69) is 5.32 Å². The molecule has 1 N–H and O–H groups in total. The second-order valence-corrected chi connectivity index (χ2v) is 9.86. The minimum atomic E-state index is -0.789. The van der Waals surface area contributed by atoms with Gasteiger partial charge in [0, 0.05) is 35.1 Å². The summed E-state index contributed by atoms with van der Waals surface area (Å²) in [5.41, 5.74) is 2.15. The highest BCUT2D eigenvalue weighted by atomic mass is 16.6. The number of allylic oxidation sites excluding steroid dienone is 2. The number of hydrogen-bond donors (Lipinski definition) is 1. The van der Waals surface area contributed by atoms with Crippen LogP contribution in [0.25, 0.3) is 0 Å². The molecule has 6 heteroatoms. The van der Waals surface area contributed by atoms with Gasteiger partial charge in [-0.15, -0.1) is 0 Å². The van der Waals surface area contributed by atoms with Crippen molar-refractivity contribution >= 4 is 23.4 Å². The number of benzene rings is 2. The van der Waals surface area contributed by atoms with Crippen molar-refractivity contribution in [3.05, 3.63) is 82.4 Å². The Labute approximate surface area is 206 Å². The monoisotopic (exact) mass is 475 g/mol. The van der Waals surface area contributed by atoms with E-state index in [1.54, 1.807) is 52.0 Å². The Morgan fingerprint density at radius 1 is 0.886 bits per heavy atom. The molecule has 6 nitrogen and oxygen atoms in total. The van der Waals surface area contributed by atoms with Crippen LogP contribution < -0.4 is 5.32 Å². The normalized spacial score (nSPS) is 14.4. The lowest BCUT2D eigenvalue weighted by atomic mass is 9.83. The molecule has 0 bridgehead atoms. The summed E-state index contributed by atoms with van der Waals surface area (Å²) in [6.45, 7) is 7.06. The number of amides is 1. The van der Waals surface area contributed by atoms with Crippen LogP contribution in [0.1, 0.15) is 79.7 Å². The van der Waals surface area contributed by atoms with Crippen molar-refractivity contribution in [2.75, 3.05) is 0 Å². The van der Waals surface area contributed by atoms with E-state index in [-0.39, 0.29) is 23.9 Å². The smallest absolute Gasteiger partial charge is 0.329 e. The minimum absolute atomic E-state index is 0.116. The number of Topliss-reactive ketones (excluding diaryl/α,β-unsaturated/α-hetero) is 2. The van der Waals surface area contributed by atoms with Gasteiger partial charge in [-0.05, 0) is 52.5 Å². The molecule has 3 rings (SSSR count). The van der Waals surface area contributed by atoms with Gasteiger partial charge in [0.1, 0.15) is 11.6 Å². The molecule has 1 atom stereocenters. The van der Waals surface area contributed by atoms with Crippen molar-refractivity contribution in [2.24, 2.45) is 0 Å². The first-order chi connectivity index (χ1) is 16.6. The van der Waals surface area contributed by atoms with E-state index in [0.717, 1.165) is 5.56 Å². The summed E-state index contributed by atoms with van der Waals surface area (Å²) >= 11 is 0. The number of unbranched alkanes of at least 4 members (excludes halogenated alkanes) is 1. The summed E-state index contributed by atoms with van der Waals surface area (Å²) in [4.78, 5) is 50.9. The zero-order valence-electron chi connectivity index (χ0n) is 20.9. The molecule has 1 amide bonds. The largest absolute Gasteiger partial charge is 0.458 e. The predicted octanol–water partition coefficient (Wildman–Crippen LogP) is 5.01. The van der Waals surface area contributed by atoms with Gasteiger partial charge in [0.2, 0.25) is 5.91 Å². The van der Waals surface area contributed by atoms with E-state index >= 15 is 0 Å². The third-order valence-corrected chi connectivity index (χ3v) is 5.87. The molecule has 0 aliphatic heterocycles. The number of carbonyl (C=O) groups excluding carboxylic acids is 4. The van der Waals surface area contributed by atoms with E-state index in [4.69, 9.17) is 4.74 Å². The van der Waals surface area contributed by atoms with E-state index in [1.165, 1.54) is 0 Å². The minimum Gasteiger partial charge on any atom is -0.458 e. The van der Waals surface area contributed by atoms with Crippen LogP contribution in [0.4, 0.5) is 0 Å². The summed E-state index contributed by atoms with van der Waals surface area (Å²) in [5.74, 6) is -0.955. The van der Waals surface area contributed by atoms with Crippen molar-refractivity contribution in [2.45, 2.75) is 71.4 Å². The zero-order valence-corrected chi connectivity index (χ0v) is 20.9. The molecule has 0 unspecified atom stereocenters. The lowest BCUT2D eigenvalue weighted by Gasteiger charge is -2.24. The van der Waals surface area contributed by atoms with Crippen molar-refractivity contribution in [1.29, 1.82) is 0 Å². The maximum absolute atomic E-state index is 12.9. The van der Waals surface area contributed by atoms with Gasteiger partial charge in [-0.3, -0.25) is 14.4 Å². The molecular formula is C29H33NO5. The number of hydrogen-bond acceptors (Lipinski definition) is 5. The molecule has 1 aliphatic carbocycles. The van der Waals surface area contributed by atoms with Gasteiger partial charge in [-0.2, -0.15) is 0 Å². The molecule has 0 saturated carbocycles. The first-order valence-corrected chi connectivity index (χ1v) is 12.0. The molecule has 2 aromatic carbocycles. The van der Waals surface area contributed by atoms with E-state index in [9.17, 15) is 19.2 Å². The quantitative estimate of drug-likeness (QED) is 0.407. The molecule has 184 valence electrons. The first-order valence-electron chi connectivity index (χ1n) is 12.0. The molecule has 35 heavy (non-hydrogen) atoms. The molecule has 0 aromatic heterocycles. The summed E-state index contributed by atoms with van der Waals surface area (Å²) < 4.78 is 5.51. The topological polar surface area (TPSA) is 89.5 Å². The van der Waals surface area contributed by atoms with Crippen molar-refractivity contribution in [3.63, 3.8) is 0 Å². The summed E-state index contributed by atoms with van der Waals surface area (Å²) in [7, 11) is 0. The van der Waals surface area contributed by atoms with E-state index in [0.29, 0.717) is 48.0 Å². The Hall–Kier alpha value is -3.54. The third kappa shape index (κ3) is 6.98. The van der Waals surface area contributed by atoms with Gasteiger partial charge >= 0.3 is 5.97 Å². The van der Waals surface area contributed by atoms with Gasteiger partial charge in [0.15, 0.2) is 11.6 Å². The fourth-order valence-electron chi connectivity index (χ4n) is 4.12. The van der Waals surface area contributed by atoms with Crippen LogP contribution in [0.15, 0.2) is 65.7 Å². The van der Waals surface area contributed by atoms with Gasteiger partial charge < -0.3 is 10.1 Å². The Kier molecular flexibility index (Phi) is 8.39. The fourth-order valence-corrected chi connectivity index (χ4v) is 4.12. The van der Waals surface area contributed by atoms with Gasteiger partial charge in [0.05, 0.1) is 0 Å². The number of fused-ring (bicyclic) bond motifs is 1. The molecule has 2 aromatic rings. The number of carbonyl (C=O) groups is 4. The van der Waals surface area contributed by atoms with Crippen LogP contribution in [0.5, 0.6) is 0 Å². The highest BCUT2D eigenvalue weighted by Crippen LogP contribution is 2.29. The Morgan fingerprint density at radius 3 is 2.11 bits per heavy atom. The summed E-state index contributed by atoms with van der Waals surface area (Å²) in [6, 6.07) is 15.5. The fraction of sp³-hybridized carbons (Fsp3) is 0.379. The van der Waals surface area contributed by atoms with Crippen LogP contribution >= 0.6 is 0 Å². The standard InChI is InChI=1S/C29H33NO5/c1-19-21(27(33)23-16-9-8-15-22(23)26(19)32)14-10-11-17-25(31)30-24(28(34)35-29(2,3)4)18-20-12-6-5-7-13-20/h5-9,12-13,15-16,24H,10-11,14,17-18H2,1-4H3,(H,30,31)/t24-/m0/s1. The zero-order chi connectivity index (χ0) is 25.6. The van der Waals surface area contributed by atoms with Gasteiger partial charge in [-0.1, -0.05) is 54.6 Å². The van der Waals surface area contributed by atoms with Crippen molar-refractivity contribution in [1.82, 2.24) is 5.32 Å². The van der Waals surface area contributed by atoms with Crippen LogP contribution in [0.3, 0.4) is 0 Å². The second kappa shape index (κ2) is 11.3. The third-order valence-electron chi connectivity index (χ3n) is 5.87. The average molecular weight is 476 g/mol. The maximum Gasteiger partial charge on any atom is 0.329 e. The SMILES string of the molecule is CC1=C(CCCCC(=O)N[C@@H](Cc2ccccc2)C(=O)OC(C)(C)C)C(=O)c2ccccc2C1=O. The Morgan fingerprint density at radius 2 is 1.49 bits per heavy atom. The maximum atomic E-state index is 12.9. The van der Waals surface area contributed by atoms with Crippen LogP contribution in [-0.2, 0) is 20.7 Å². The Balaban J connectivity index is 1.56. The van der Waals surface area contributed by atoms with Gasteiger partial charge in [0.25, 0.3) is 0 Å². The molecular weight excluding hydrogens is 442 g/mol. The molecule has 1 aliphatic rings. The molecule has 0 heterocycles. The van der Waals surface area contributed by atoms with Crippen molar-refractivity contribution < 1.29 is 23.9 Å².